The lowest BCUT2D eigenvalue weighted by Crippen LogP contribution is -2.56. The number of hydrogen-bond acceptors (Lipinski definition) is 4. The second-order valence-electron chi connectivity index (χ2n) is 7.56. The lowest BCUT2D eigenvalue weighted by atomic mass is 10.0. The molecule has 0 spiro atoms. The van der Waals surface area contributed by atoms with Gasteiger partial charge >= 0.3 is 0 Å². The number of fused-ring (bicyclic) bond motifs is 1. The quantitative estimate of drug-likeness (QED) is 0.864. The maximum absolute atomic E-state index is 12.7. The summed E-state index contributed by atoms with van der Waals surface area (Å²) >= 11 is 0. The van der Waals surface area contributed by atoms with E-state index in [0.29, 0.717) is 13.1 Å². The molecular formula is C20H29N3O3. The molecule has 0 radical (unpaired) electrons. The number of ether oxygens (including phenoxy) is 1. The van der Waals surface area contributed by atoms with Crippen LogP contribution in [0.15, 0.2) is 18.2 Å². The highest BCUT2D eigenvalue weighted by molar-refractivity contribution is 5.87. The van der Waals surface area contributed by atoms with Gasteiger partial charge in [-0.15, -0.1) is 0 Å². The number of carbonyl (C=O) groups is 2. The zero-order valence-corrected chi connectivity index (χ0v) is 16.0. The third kappa shape index (κ3) is 4.36. The van der Waals surface area contributed by atoms with Gasteiger partial charge in [-0.1, -0.05) is 26.0 Å². The third-order valence-corrected chi connectivity index (χ3v) is 5.14. The first-order chi connectivity index (χ1) is 12.4. The minimum absolute atomic E-state index is 0.0320. The highest BCUT2D eigenvalue weighted by Gasteiger charge is 2.30. The van der Waals surface area contributed by atoms with Gasteiger partial charge in [-0.2, -0.15) is 0 Å². The summed E-state index contributed by atoms with van der Waals surface area (Å²) in [7, 11) is 0. The summed E-state index contributed by atoms with van der Waals surface area (Å²) in [5.74, 6) is 0.973. The van der Waals surface area contributed by atoms with Gasteiger partial charge in [-0.3, -0.25) is 14.5 Å². The van der Waals surface area contributed by atoms with E-state index in [-0.39, 0.29) is 17.7 Å². The molecule has 1 atom stereocenters. The zero-order valence-electron chi connectivity index (χ0n) is 16.0. The second kappa shape index (κ2) is 8.08. The molecule has 2 amide bonds. The first kappa shape index (κ1) is 18.7. The Balaban J connectivity index is 1.53. The number of rotatable bonds is 5. The molecule has 1 aromatic rings. The van der Waals surface area contributed by atoms with Crippen LogP contribution in [0.4, 0.5) is 0 Å². The largest absolute Gasteiger partial charge is 0.493 e. The molecule has 6 nitrogen and oxygen atoms in total. The number of nitrogens with one attached hydrogen (secondary N) is 1. The van der Waals surface area contributed by atoms with Crippen molar-refractivity contribution in [2.24, 2.45) is 5.92 Å². The van der Waals surface area contributed by atoms with Gasteiger partial charge in [0, 0.05) is 46.1 Å². The van der Waals surface area contributed by atoms with Crippen molar-refractivity contribution in [3.63, 3.8) is 0 Å². The number of benzene rings is 1. The van der Waals surface area contributed by atoms with E-state index >= 15 is 0 Å². The van der Waals surface area contributed by atoms with Gasteiger partial charge in [0.1, 0.15) is 11.8 Å². The Hall–Kier alpha value is -2.08. The van der Waals surface area contributed by atoms with E-state index in [2.05, 4.69) is 28.4 Å². The van der Waals surface area contributed by atoms with Crippen LogP contribution in [0.3, 0.4) is 0 Å². The fraction of sp³-hybridized carbons (Fsp3) is 0.600. The van der Waals surface area contributed by atoms with Crippen molar-refractivity contribution in [3.8, 4) is 5.75 Å². The molecule has 2 aliphatic heterocycles. The summed E-state index contributed by atoms with van der Waals surface area (Å²) in [5.41, 5.74) is 2.60. The molecular weight excluding hydrogens is 330 g/mol. The molecule has 1 N–H and O–H groups in total. The smallest absolute Gasteiger partial charge is 0.245 e. The summed E-state index contributed by atoms with van der Waals surface area (Å²) < 4.78 is 5.57. The predicted octanol–water partition coefficient (Wildman–Crippen LogP) is 1.43. The fourth-order valence-corrected chi connectivity index (χ4v) is 3.65. The molecule has 1 fully saturated rings. The number of nitrogens with zero attached hydrogens (tertiary/aromatic N) is 2. The van der Waals surface area contributed by atoms with E-state index in [4.69, 9.17) is 4.74 Å². The minimum Gasteiger partial charge on any atom is -0.493 e. The van der Waals surface area contributed by atoms with Gasteiger partial charge < -0.3 is 15.0 Å². The highest BCUT2D eigenvalue weighted by atomic mass is 16.5. The minimum atomic E-state index is -0.434. The number of piperazine rings is 1. The summed E-state index contributed by atoms with van der Waals surface area (Å²) in [5, 5.41) is 2.80. The standard InChI is InChI=1S/C20H29N3O3/c1-14(2)19(21-15(3)24)20(25)23-9-7-22(8-10-23)13-16-4-5-18-17(12-16)6-11-26-18/h4-5,12,14,19H,6-11,13H2,1-3H3,(H,21,24). The molecule has 0 aliphatic carbocycles. The molecule has 0 aromatic heterocycles. The SMILES string of the molecule is CC(=O)NC(C(=O)N1CCN(Cc2ccc3c(c2)CCO3)CC1)C(C)C. The average molecular weight is 359 g/mol. The van der Waals surface area contributed by atoms with Crippen LogP contribution in [0.25, 0.3) is 0 Å². The van der Waals surface area contributed by atoms with Crippen molar-refractivity contribution >= 4 is 11.8 Å². The van der Waals surface area contributed by atoms with Crippen LogP contribution in [0.5, 0.6) is 5.75 Å². The molecule has 6 heteroatoms. The first-order valence-corrected chi connectivity index (χ1v) is 9.47. The maximum atomic E-state index is 12.7. The van der Waals surface area contributed by atoms with Crippen molar-refractivity contribution in [2.75, 3.05) is 32.8 Å². The van der Waals surface area contributed by atoms with Gasteiger partial charge in [-0.05, 0) is 23.1 Å². The summed E-state index contributed by atoms with van der Waals surface area (Å²) in [6.07, 6.45) is 0.991. The van der Waals surface area contributed by atoms with E-state index in [0.717, 1.165) is 38.4 Å². The van der Waals surface area contributed by atoms with Crippen LogP contribution in [0.1, 0.15) is 31.9 Å². The van der Waals surface area contributed by atoms with E-state index < -0.39 is 6.04 Å². The summed E-state index contributed by atoms with van der Waals surface area (Å²) in [6.45, 7) is 10.2. The first-order valence-electron chi connectivity index (χ1n) is 9.47. The Labute approximate surface area is 155 Å². The molecule has 0 bridgehead atoms. The predicted molar refractivity (Wildman–Crippen MR) is 99.9 cm³/mol. The van der Waals surface area contributed by atoms with Crippen LogP contribution in [-0.4, -0.2) is 60.4 Å². The van der Waals surface area contributed by atoms with Crippen molar-refractivity contribution in [3.05, 3.63) is 29.3 Å². The summed E-state index contributed by atoms with van der Waals surface area (Å²) in [6, 6.07) is 6.01. The number of amides is 2. The van der Waals surface area contributed by atoms with Crippen molar-refractivity contribution in [1.82, 2.24) is 15.1 Å². The van der Waals surface area contributed by atoms with Gasteiger partial charge in [0.05, 0.1) is 6.61 Å². The molecule has 2 aliphatic rings. The van der Waals surface area contributed by atoms with E-state index in [1.807, 2.05) is 18.7 Å². The maximum Gasteiger partial charge on any atom is 0.245 e. The van der Waals surface area contributed by atoms with E-state index in [1.54, 1.807) is 0 Å². The van der Waals surface area contributed by atoms with Crippen molar-refractivity contribution < 1.29 is 14.3 Å². The Kier molecular flexibility index (Phi) is 5.81. The van der Waals surface area contributed by atoms with Crippen LogP contribution in [0, 0.1) is 5.92 Å². The second-order valence-corrected chi connectivity index (χ2v) is 7.56. The van der Waals surface area contributed by atoms with Gasteiger partial charge in [0.15, 0.2) is 0 Å². The van der Waals surface area contributed by atoms with E-state index in [1.165, 1.54) is 18.1 Å². The molecule has 3 rings (SSSR count). The molecule has 1 saturated heterocycles. The van der Waals surface area contributed by atoms with Crippen molar-refractivity contribution in [2.45, 2.75) is 39.8 Å². The number of hydrogen-bond donors (Lipinski definition) is 1. The van der Waals surface area contributed by atoms with Crippen LogP contribution in [-0.2, 0) is 22.6 Å². The highest BCUT2D eigenvalue weighted by Crippen LogP contribution is 2.26. The number of carbonyl (C=O) groups excluding carboxylic acids is 2. The molecule has 1 aromatic carbocycles. The molecule has 26 heavy (non-hydrogen) atoms. The third-order valence-electron chi connectivity index (χ3n) is 5.14. The topological polar surface area (TPSA) is 61.9 Å². The lowest BCUT2D eigenvalue weighted by Gasteiger charge is -2.37. The Bertz CT molecular complexity index is 666. The Morgan fingerprint density at radius 2 is 1.92 bits per heavy atom. The monoisotopic (exact) mass is 359 g/mol. The van der Waals surface area contributed by atoms with Crippen LogP contribution in [0.2, 0.25) is 0 Å². The van der Waals surface area contributed by atoms with Crippen LogP contribution < -0.4 is 10.1 Å². The molecule has 1 unspecified atom stereocenters. The average Bonchev–Trinajstić information content (AvgIpc) is 3.07. The molecule has 142 valence electrons. The van der Waals surface area contributed by atoms with Gasteiger partial charge in [-0.25, -0.2) is 0 Å². The van der Waals surface area contributed by atoms with Crippen LogP contribution >= 0.6 is 0 Å². The van der Waals surface area contributed by atoms with Gasteiger partial charge in [0.2, 0.25) is 11.8 Å². The zero-order chi connectivity index (χ0) is 18.7. The summed E-state index contributed by atoms with van der Waals surface area (Å²) in [4.78, 5) is 28.4. The molecule has 2 heterocycles. The van der Waals surface area contributed by atoms with E-state index in [9.17, 15) is 9.59 Å². The fourth-order valence-electron chi connectivity index (χ4n) is 3.65. The van der Waals surface area contributed by atoms with Gasteiger partial charge in [0.25, 0.3) is 0 Å². The van der Waals surface area contributed by atoms with Crippen molar-refractivity contribution in [1.29, 1.82) is 0 Å². The molecule has 0 saturated carbocycles. The Morgan fingerprint density at radius 1 is 1.19 bits per heavy atom. The normalized spacial score (nSPS) is 18.4. The Morgan fingerprint density at radius 3 is 2.58 bits per heavy atom. The lowest BCUT2D eigenvalue weighted by molar-refractivity contribution is -0.138.